The SMILES string of the molecule is CC(NC(=O)COC(=O)c1nccnc1N)c1cccs1. The van der Waals surface area contributed by atoms with Crippen molar-refractivity contribution in [1.82, 2.24) is 15.3 Å². The molecule has 0 fully saturated rings. The average Bonchev–Trinajstić information content (AvgIpc) is 2.99. The molecule has 21 heavy (non-hydrogen) atoms. The minimum atomic E-state index is -0.778. The van der Waals surface area contributed by atoms with Gasteiger partial charge >= 0.3 is 5.97 Å². The molecular formula is C13H14N4O3S. The predicted molar refractivity (Wildman–Crippen MR) is 77.6 cm³/mol. The molecule has 7 nitrogen and oxygen atoms in total. The number of thiophene rings is 1. The van der Waals surface area contributed by atoms with Gasteiger partial charge in [0.25, 0.3) is 5.91 Å². The van der Waals surface area contributed by atoms with Gasteiger partial charge in [0.05, 0.1) is 6.04 Å². The zero-order valence-electron chi connectivity index (χ0n) is 11.3. The number of esters is 1. The molecule has 0 spiro atoms. The fraction of sp³-hybridized carbons (Fsp3) is 0.231. The maximum Gasteiger partial charge on any atom is 0.361 e. The summed E-state index contributed by atoms with van der Waals surface area (Å²) in [6.07, 6.45) is 2.69. The van der Waals surface area contributed by atoms with Gasteiger partial charge in [-0.25, -0.2) is 14.8 Å². The molecule has 1 amide bonds. The molecule has 0 aliphatic rings. The summed E-state index contributed by atoms with van der Waals surface area (Å²) < 4.78 is 4.86. The van der Waals surface area contributed by atoms with Crippen molar-refractivity contribution in [3.63, 3.8) is 0 Å². The van der Waals surface area contributed by atoms with E-state index in [0.717, 1.165) is 4.88 Å². The van der Waals surface area contributed by atoms with Crippen molar-refractivity contribution in [2.45, 2.75) is 13.0 Å². The van der Waals surface area contributed by atoms with E-state index in [4.69, 9.17) is 10.5 Å². The summed E-state index contributed by atoms with van der Waals surface area (Å²) in [5.74, 6) is -1.21. The quantitative estimate of drug-likeness (QED) is 0.803. The first-order valence-corrected chi connectivity index (χ1v) is 7.02. The number of carbonyl (C=O) groups excluding carboxylic acids is 2. The van der Waals surface area contributed by atoms with Gasteiger partial charge in [-0.3, -0.25) is 4.79 Å². The van der Waals surface area contributed by atoms with Crippen LogP contribution >= 0.6 is 11.3 Å². The van der Waals surface area contributed by atoms with Gasteiger partial charge in [0.1, 0.15) is 0 Å². The molecule has 110 valence electrons. The van der Waals surface area contributed by atoms with Crippen LogP contribution in [0.25, 0.3) is 0 Å². The Morgan fingerprint density at radius 2 is 2.19 bits per heavy atom. The zero-order chi connectivity index (χ0) is 15.2. The first kappa shape index (κ1) is 14.9. The number of nitrogens with zero attached hydrogens (tertiary/aromatic N) is 2. The summed E-state index contributed by atoms with van der Waals surface area (Å²) in [4.78, 5) is 31.9. The van der Waals surface area contributed by atoms with Crippen LogP contribution in [0.15, 0.2) is 29.9 Å². The number of nitrogen functional groups attached to an aromatic ring is 1. The van der Waals surface area contributed by atoms with Gasteiger partial charge in [-0.05, 0) is 18.4 Å². The van der Waals surface area contributed by atoms with Crippen LogP contribution in [0.1, 0.15) is 28.3 Å². The fourth-order valence-electron chi connectivity index (χ4n) is 1.60. The molecule has 0 saturated heterocycles. The normalized spacial score (nSPS) is 11.7. The Morgan fingerprint density at radius 1 is 1.43 bits per heavy atom. The summed E-state index contributed by atoms with van der Waals surface area (Å²) in [5.41, 5.74) is 5.40. The van der Waals surface area contributed by atoms with Crippen molar-refractivity contribution in [3.8, 4) is 0 Å². The number of anilines is 1. The van der Waals surface area contributed by atoms with Crippen molar-refractivity contribution in [2.24, 2.45) is 0 Å². The lowest BCUT2D eigenvalue weighted by Gasteiger charge is -2.12. The van der Waals surface area contributed by atoms with Crippen LogP contribution in [0.5, 0.6) is 0 Å². The van der Waals surface area contributed by atoms with E-state index in [1.807, 2.05) is 24.4 Å². The maximum absolute atomic E-state index is 11.7. The molecule has 2 aromatic rings. The van der Waals surface area contributed by atoms with E-state index in [1.54, 1.807) is 0 Å². The van der Waals surface area contributed by atoms with Gasteiger partial charge in [-0.1, -0.05) is 6.07 Å². The van der Waals surface area contributed by atoms with E-state index in [2.05, 4.69) is 15.3 Å². The Bertz CT molecular complexity index is 630. The van der Waals surface area contributed by atoms with E-state index in [0.29, 0.717) is 0 Å². The monoisotopic (exact) mass is 306 g/mol. The lowest BCUT2D eigenvalue weighted by atomic mass is 10.3. The third-order valence-electron chi connectivity index (χ3n) is 2.60. The molecule has 0 bridgehead atoms. The molecular weight excluding hydrogens is 292 g/mol. The van der Waals surface area contributed by atoms with Crippen LogP contribution in [0.4, 0.5) is 5.82 Å². The molecule has 1 unspecified atom stereocenters. The summed E-state index contributed by atoms with van der Waals surface area (Å²) in [5, 5.41) is 4.66. The molecule has 2 heterocycles. The topological polar surface area (TPSA) is 107 Å². The number of nitrogens with two attached hydrogens (primary N) is 1. The number of amides is 1. The highest BCUT2D eigenvalue weighted by atomic mass is 32.1. The highest BCUT2D eigenvalue weighted by Crippen LogP contribution is 2.17. The lowest BCUT2D eigenvalue weighted by molar-refractivity contribution is -0.124. The smallest absolute Gasteiger partial charge is 0.361 e. The van der Waals surface area contributed by atoms with Crippen LogP contribution in [-0.2, 0) is 9.53 Å². The first-order valence-electron chi connectivity index (χ1n) is 6.14. The Morgan fingerprint density at radius 3 is 2.86 bits per heavy atom. The minimum Gasteiger partial charge on any atom is -0.451 e. The summed E-state index contributed by atoms with van der Waals surface area (Å²) in [7, 11) is 0. The maximum atomic E-state index is 11.7. The molecule has 3 N–H and O–H groups in total. The Hall–Kier alpha value is -2.48. The molecule has 1 atom stereocenters. The number of hydrogen-bond donors (Lipinski definition) is 2. The second-order valence-corrected chi connectivity index (χ2v) is 5.15. The second kappa shape index (κ2) is 6.80. The molecule has 0 aliphatic heterocycles. The summed E-state index contributed by atoms with van der Waals surface area (Å²) >= 11 is 1.54. The Balaban J connectivity index is 1.84. The standard InChI is InChI=1S/C13H14N4O3S/c1-8(9-3-2-6-21-9)17-10(18)7-20-13(19)11-12(14)16-5-4-15-11/h2-6,8H,7H2,1H3,(H2,14,16)(H,17,18). The van der Waals surface area contributed by atoms with Crippen LogP contribution in [0.2, 0.25) is 0 Å². The third-order valence-corrected chi connectivity index (χ3v) is 3.66. The van der Waals surface area contributed by atoms with Crippen LogP contribution in [0, 0.1) is 0 Å². The van der Waals surface area contributed by atoms with Crippen molar-refractivity contribution < 1.29 is 14.3 Å². The number of aromatic nitrogens is 2. The van der Waals surface area contributed by atoms with Gasteiger partial charge in [-0.15, -0.1) is 11.3 Å². The van der Waals surface area contributed by atoms with Crippen LogP contribution in [0.3, 0.4) is 0 Å². The van der Waals surface area contributed by atoms with E-state index < -0.39 is 18.5 Å². The Kier molecular flexibility index (Phi) is 4.83. The van der Waals surface area contributed by atoms with E-state index >= 15 is 0 Å². The number of hydrogen-bond acceptors (Lipinski definition) is 7. The average molecular weight is 306 g/mol. The molecule has 0 aliphatic carbocycles. The number of nitrogens with one attached hydrogen (secondary N) is 1. The largest absolute Gasteiger partial charge is 0.451 e. The lowest BCUT2D eigenvalue weighted by Crippen LogP contribution is -2.31. The fourth-order valence-corrected chi connectivity index (χ4v) is 2.33. The van der Waals surface area contributed by atoms with Crippen molar-refractivity contribution in [1.29, 1.82) is 0 Å². The number of ether oxygens (including phenoxy) is 1. The summed E-state index contributed by atoms with van der Waals surface area (Å²) in [6, 6.07) is 3.68. The van der Waals surface area contributed by atoms with Gasteiger partial charge in [0, 0.05) is 17.3 Å². The van der Waals surface area contributed by atoms with Gasteiger partial charge in [0.15, 0.2) is 18.1 Å². The molecule has 2 aromatic heterocycles. The van der Waals surface area contributed by atoms with Crippen LogP contribution in [-0.4, -0.2) is 28.5 Å². The molecule has 0 saturated carbocycles. The second-order valence-electron chi connectivity index (χ2n) is 4.17. The zero-order valence-corrected chi connectivity index (χ0v) is 12.1. The first-order chi connectivity index (χ1) is 10.1. The number of carbonyl (C=O) groups is 2. The van der Waals surface area contributed by atoms with Crippen molar-refractivity contribution in [2.75, 3.05) is 12.3 Å². The summed E-state index contributed by atoms with van der Waals surface area (Å²) in [6.45, 7) is 1.46. The third kappa shape index (κ3) is 3.99. The number of rotatable bonds is 5. The highest BCUT2D eigenvalue weighted by molar-refractivity contribution is 7.10. The van der Waals surface area contributed by atoms with E-state index in [-0.39, 0.29) is 17.6 Å². The minimum absolute atomic E-state index is 0.0325. The molecule has 0 radical (unpaired) electrons. The Labute approximate surface area is 125 Å². The molecule has 2 rings (SSSR count). The molecule has 8 heteroatoms. The van der Waals surface area contributed by atoms with Gasteiger partial charge in [0.2, 0.25) is 0 Å². The highest BCUT2D eigenvalue weighted by Gasteiger charge is 2.16. The molecule has 0 aromatic carbocycles. The van der Waals surface area contributed by atoms with E-state index in [1.165, 1.54) is 23.7 Å². The van der Waals surface area contributed by atoms with Gasteiger partial charge < -0.3 is 15.8 Å². The van der Waals surface area contributed by atoms with Crippen molar-refractivity contribution in [3.05, 3.63) is 40.5 Å². The van der Waals surface area contributed by atoms with E-state index in [9.17, 15) is 9.59 Å². The van der Waals surface area contributed by atoms with Crippen molar-refractivity contribution >= 4 is 29.0 Å². The van der Waals surface area contributed by atoms with Gasteiger partial charge in [-0.2, -0.15) is 0 Å². The van der Waals surface area contributed by atoms with Crippen LogP contribution < -0.4 is 11.1 Å². The predicted octanol–water partition coefficient (Wildman–Crippen LogP) is 1.15.